The van der Waals surface area contributed by atoms with Gasteiger partial charge in [-0.25, -0.2) is 4.98 Å². The largest absolute Gasteiger partial charge is 0.306 e. The number of hydrogen-bond donors (Lipinski definition) is 0. The fraction of sp³-hybridized carbons (Fsp3) is 0.273. The highest BCUT2D eigenvalue weighted by molar-refractivity contribution is 7.20. The third-order valence-corrected chi connectivity index (χ3v) is 9.41. The standard InChI is InChI=1S/C33H32N6O2S/c1-22-31-28(19-30(40)37(22)21-25-11-8-13-26(34-25)24-15-17-36(2)18-16-24)38(20-23-9-4-3-5-10-23)39(32(31)41)33-35-27-12-6-7-14-29(27)42-33/h3-14,19,24H,15-18,20-21H2,1-2H3. The third-order valence-electron chi connectivity index (χ3n) is 8.40. The molecule has 1 aliphatic rings. The molecule has 0 radical (unpaired) electrons. The Morgan fingerprint density at radius 1 is 0.881 bits per heavy atom. The van der Waals surface area contributed by atoms with Crippen LogP contribution in [0.5, 0.6) is 0 Å². The SMILES string of the molecule is Cc1c2c(=O)n(-c3nc4ccccc4s3)n(Cc3ccccc3)c2cc(=O)n1Cc1cccc(C2CCN(C)CC2)n1. The van der Waals surface area contributed by atoms with Crippen molar-refractivity contribution in [2.45, 2.75) is 38.8 Å². The van der Waals surface area contributed by atoms with Crippen LogP contribution in [0.15, 0.2) is 88.5 Å². The number of hydrogen-bond acceptors (Lipinski definition) is 6. The van der Waals surface area contributed by atoms with E-state index < -0.39 is 0 Å². The second-order valence-electron chi connectivity index (χ2n) is 11.2. The summed E-state index contributed by atoms with van der Waals surface area (Å²) in [6.45, 7) is 4.73. The quantitative estimate of drug-likeness (QED) is 0.273. The fourth-order valence-corrected chi connectivity index (χ4v) is 7.05. The molecule has 0 atom stereocenters. The molecule has 4 aromatic heterocycles. The van der Waals surface area contributed by atoms with Crippen molar-refractivity contribution in [3.05, 3.63) is 122 Å². The second-order valence-corrected chi connectivity index (χ2v) is 12.2. The molecule has 0 aliphatic carbocycles. The molecule has 1 saturated heterocycles. The van der Waals surface area contributed by atoms with E-state index in [1.54, 1.807) is 15.3 Å². The molecule has 7 rings (SSSR count). The van der Waals surface area contributed by atoms with Gasteiger partial charge in [-0.05, 0) is 69.7 Å². The minimum Gasteiger partial charge on any atom is -0.306 e. The van der Waals surface area contributed by atoms with Gasteiger partial charge in [-0.2, -0.15) is 4.68 Å². The van der Waals surface area contributed by atoms with Crippen molar-refractivity contribution in [1.82, 2.24) is 28.8 Å². The number of aromatic nitrogens is 5. The van der Waals surface area contributed by atoms with Crippen molar-refractivity contribution in [2.75, 3.05) is 20.1 Å². The van der Waals surface area contributed by atoms with E-state index in [1.165, 1.54) is 11.3 Å². The zero-order valence-corrected chi connectivity index (χ0v) is 24.6. The molecule has 0 unspecified atom stereocenters. The van der Waals surface area contributed by atoms with Crippen LogP contribution in [-0.2, 0) is 13.1 Å². The Kier molecular flexibility index (Phi) is 6.84. The van der Waals surface area contributed by atoms with Crippen molar-refractivity contribution in [3.63, 3.8) is 0 Å². The monoisotopic (exact) mass is 576 g/mol. The number of piperidine rings is 1. The summed E-state index contributed by atoms with van der Waals surface area (Å²) in [5, 5.41) is 1.11. The number of aryl methyl sites for hydroxylation is 1. The van der Waals surface area contributed by atoms with Gasteiger partial charge in [0.2, 0.25) is 5.13 Å². The summed E-state index contributed by atoms with van der Waals surface area (Å²) in [5.74, 6) is 0.425. The normalized spacial score (nSPS) is 14.7. The number of benzene rings is 2. The molecule has 42 heavy (non-hydrogen) atoms. The van der Waals surface area contributed by atoms with Crippen LogP contribution in [0.1, 0.15) is 41.4 Å². The summed E-state index contributed by atoms with van der Waals surface area (Å²) >= 11 is 1.47. The van der Waals surface area contributed by atoms with Gasteiger partial charge in [0.1, 0.15) is 0 Å². The maximum absolute atomic E-state index is 14.2. The van der Waals surface area contributed by atoms with E-state index in [0.717, 1.165) is 53.1 Å². The molecule has 8 nitrogen and oxygen atoms in total. The first-order valence-corrected chi connectivity index (χ1v) is 15.2. The number of para-hydroxylation sites is 1. The molecular weight excluding hydrogens is 544 g/mol. The second kappa shape index (κ2) is 10.8. The maximum Gasteiger partial charge on any atom is 0.283 e. The molecule has 212 valence electrons. The molecule has 0 amide bonds. The summed E-state index contributed by atoms with van der Waals surface area (Å²) in [7, 11) is 2.16. The Morgan fingerprint density at radius 3 is 2.43 bits per heavy atom. The Balaban J connectivity index is 1.35. The number of thiazole rings is 1. The smallest absolute Gasteiger partial charge is 0.283 e. The summed E-state index contributed by atoms with van der Waals surface area (Å²) in [5.41, 5.74) is 4.68. The zero-order valence-electron chi connectivity index (χ0n) is 23.7. The molecule has 5 heterocycles. The molecule has 2 aromatic carbocycles. The lowest BCUT2D eigenvalue weighted by Gasteiger charge is -2.28. The number of pyridine rings is 2. The van der Waals surface area contributed by atoms with Gasteiger partial charge < -0.3 is 9.47 Å². The van der Waals surface area contributed by atoms with E-state index in [1.807, 2.05) is 78.3 Å². The molecule has 1 fully saturated rings. The van der Waals surface area contributed by atoms with Gasteiger partial charge in [0.15, 0.2) is 0 Å². The summed E-state index contributed by atoms with van der Waals surface area (Å²) in [6.07, 6.45) is 2.16. The lowest BCUT2D eigenvalue weighted by atomic mass is 9.93. The predicted molar refractivity (Wildman–Crippen MR) is 168 cm³/mol. The van der Waals surface area contributed by atoms with E-state index in [2.05, 4.69) is 18.0 Å². The molecule has 1 aliphatic heterocycles. The van der Waals surface area contributed by atoms with Crippen LogP contribution in [0.4, 0.5) is 0 Å². The molecule has 0 spiro atoms. The first kappa shape index (κ1) is 26.6. The summed E-state index contributed by atoms with van der Waals surface area (Å²) in [6, 6.07) is 25.5. The highest BCUT2D eigenvalue weighted by Gasteiger charge is 2.23. The van der Waals surface area contributed by atoms with Gasteiger partial charge in [0.25, 0.3) is 11.1 Å². The van der Waals surface area contributed by atoms with E-state index in [-0.39, 0.29) is 11.1 Å². The van der Waals surface area contributed by atoms with Crippen LogP contribution >= 0.6 is 11.3 Å². The minimum atomic E-state index is -0.181. The summed E-state index contributed by atoms with van der Waals surface area (Å²) < 4.78 is 6.21. The van der Waals surface area contributed by atoms with Gasteiger partial charge >= 0.3 is 0 Å². The molecule has 6 aromatic rings. The first-order chi connectivity index (χ1) is 20.5. The highest BCUT2D eigenvalue weighted by atomic mass is 32.1. The van der Waals surface area contributed by atoms with Crippen LogP contribution in [0.2, 0.25) is 0 Å². The maximum atomic E-state index is 14.2. The summed E-state index contributed by atoms with van der Waals surface area (Å²) in [4.78, 5) is 40.0. The molecule has 0 N–H and O–H groups in total. The third kappa shape index (κ3) is 4.78. The average Bonchev–Trinajstić information content (AvgIpc) is 3.54. The number of fused-ring (bicyclic) bond motifs is 2. The van der Waals surface area contributed by atoms with Gasteiger partial charge in [0.05, 0.1) is 39.9 Å². The molecule has 0 bridgehead atoms. The van der Waals surface area contributed by atoms with Crippen LogP contribution in [0.25, 0.3) is 26.3 Å². The molecular formula is C33H32N6O2S. The van der Waals surface area contributed by atoms with Crippen molar-refractivity contribution >= 4 is 32.5 Å². The van der Waals surface area contributed by atoms with E-state index in [9.17, 15) is 9.59 Å². The Bertz CT molecular complexity index is 2000. The predicted octanol–water partition coefficient (Wildman–Crippen LogP) is 5.17. The number of nitrogens with zero attached hydrogens (tertiary/aromatic N) is 6. The van der Waals surface area contributed by atoms with Gasteiger partial charge in [-0.1, -0.05) is 59.9 Å². The Labute approximate surface area is 247 Å². The fourth-order valence-electron chi connectivity index (χ4n) is 6.07. The van der Waals surface area contributed by atoms with Crippen LogP contribution in [-0.4, -0.2) is 48.9 Å². The van der Waals surface area contributed by atoms with Crippen LogP contribution < -0.4 is 11.1 Å². The topological polar surface area (TPSA) is 78.0 Å². The van der Waals surface area contributed by atoms with Gasteiger partial charge in [0, 0.05) is 23.4 Å². The van der Waals surface area contributed by atoms with Crippen molar-refractivity contribution in [3.8, 4) is 5.13 Å². The molecule has 9 heteroatoms. The van der Waals surface area contributed by atoms with Gasteiger partial charge in [-0.3, -0.25) is 19.3 Å². The Morgan fingerprint density at radius 2 is 1.64 bits per heavy atom. The minimum absolute atomic E-state index is 0.158. The Hall–Kier alpha value is -4.34. The lowest BCUT2D eigenvalue weighted by molar-refractivity contribution is 0.253. The van der Waals surface area contributed by atoms with Gasteiger partial charge in [-0.15, -0.1) is 0 Å². The van der Waals surface area contributed by atoms with Crippen molar-refractivity contribution < 1.29 is 0 Å². The van der Waals surface area contributed by atoms with Crippen molar-refractivity contribution in [1.29, 1.82) is 0 Å². The first-order valence-electron chi connectivity index (χ1n) is 14.4. The van der Waals surface area contributed by atoms with Crippen molar-refractivity contribution in [2.24, 2.45) is 0 Å². The number of rotatable bonds is 6. The van der Waals surface area contributed by atoms with Crippen LogP contribution in [0, 0.1) is 6.92 Å². The lowest BCUT2D eigenvalue weighted by Crippen LogP contribution is -2.29. The molecule has 0 saturated carbocycles. The number of likely N-dealkylation sites (tertiary alicyclic amines) is 1. The van der Waals surface area contributed by atoms with Crippen LogP contribution in [0.3, 0.4) is 0 Å². The van der Waals surface area contributed by atoms with E-state index in [4.69, 9.17) is 9.97 Å². The van der Waals surface area contributed by atoms with E-state index >= 15 is 0 Å². The highest BCUT2D eigenvalue weighted by Crippen LogP contribution is 2.28. The average molecular weight is 577 g/mol. The zero-order chi connectivity index (χ0) is 28.8. The van der Waals surface area contributed by atoms with E-state index in [0.29, 0.717) is 40.7 Å².